The number of urea groups is 1. The Morgan fingerprint density at radius 1 is 1.29 bits per heavy atom. The fraction of sp³-hybridized carbons (Fsp3) is 0.875. The van der Waals surface area contributed by atoms with Crippen molar-refractivity contribution in [2.24, 2.45) is 17.8 Å². The molecule has 1 heterocycles. The van der Waals surface area contributed by atoms with Gasteiger partial charge in [0.25, 0.3) is 0 Å². The van der Waals surface area contributed by atoms with Crippen LogP contribution in [-0.4, -0.2) is 41.6 Å². The van der Waals surface area contributed by atoms with Gasteiger partial charge in [-0.2, -0.15) is 0 Å². The first-order valence-electron chi connectivity index (χ1n) is 8.18. The van der Waals surface area contributed by atoms with Crippen molar-refractivity contribution in [3.8, 4) is 0 Å². The summed E-state index contributed by atoms with van der Waals surface area (Å²) in [5.41, 5.74) is 0. The molecule has 0 aromatic rings. The summed E-state index contributed by atoms with van der Waals surface area (Å²) in [5, 5.41) is 11.7. The van der Waals surface area contributed by atoms with E-state index in [1.54, 1.807) is 0 Å². The Morgan fingerprint density at radius 3 is 2.57 bits per heavy atom. The molecule has 2 N–H and O–H groups in total. The second kappa shape index (κ2) is 8.90. The topological polar surface area (TPSA) is 69.6 Å². The van der Waals surface area contributed by atoms with Crippen LogP contribution in [0, 0.1) is 17.8 Å². The van der Waals surface area contributed by atoms with Gasteiger partial charge in [-0.3, -0.25) is 4.79 Å². The molecule has 0 radical (unpaired) electrons. The SMILES string of the molecule is CCC(CNC(=O)N1CCCC(C(C)C)CC1)CC(=O)O. The number of carbonyl (C=O) groups is 2. The molecule has 1 fully saturated rings. The fourth-order valence-corrected chi connectivity index (χ4v) is 2.94. The van der Waals surface area contributed by atoms with Crippen molar-refractivity contribution < 1.29 is 14.7 Å². The molecule has 1 rings (SSSR count). The number of nitrogens with zero attached hydrogens (tertiary/aromatic N) is 1. The number of carboxylic acid groups (broad SMARTS) is 1. The molecule has 0 bridgehead atoms. The lowest BCUT2D eigenvalue weighted by molar-refractivity contribution is -0.138. The highest BCUT2D eigenvalue weighted by atomic mass is 16.4. The first-order chi connectivity index (χ1) is 9.93. The Balaban J connectivity index is 2.39. The number of nitrogens with one attached hydrogen (secondary N) is 1. The van der Waals surface area contributed by atoms with Crippen LogP contribution in [0.1, 0.15) is 52.9 Å². The molecular weight excluding hydrogens is 268 g/mol. The molecule has 1 aliphatic heterocycles. The summed E-state index contributed by atoms with van der Waals surface area (Å²) in [6.07, 6.45) is 4.20. The van der Waals surface area contributed by atoms with Crippen molar-refractivity contribution in [1.29, 1.82) is 0 Å². The Labute approximate surface area is 128 Å². The summed E-state index contributed by atoms with van der Waals surface area (Å²) < 4.78 is 0. The van der Waals surface area contributed by atoms with Crippen LogP contribution in [0.15, 0.2) is 0 Å². The van der Waals surface area contributed by atoms with Gasteiger partial charge < -0.3 is 15.3 Å². The van der Waals surface area contributed by atoms with Crippen molar-refractivity contribution in [3.63, 3.8) is 0 Å². The molecule has 5 heteroatoms. The molecule has 2 unspecified atom stereocenters. The molecule has 5 nitrogen and oxygen atoms in total. The van der Waals surface area contributed by atoms with Gasteiger partial charge in [0.15, 0.2) is 0 Å². The number of hydrogen-bond donors (Lipinski definition) is 2. The van der Waals surface area contributed by atoms with E-state index in [4.69, 9.17) is 5.11 Å². The molecule has 0 aromatic heterocycles. The second-order valence-electron chi connectivity index (χ2n) is 6.48. The van der Waals surface area contributed by atoms with Crippen LogP contribution in [0.25, 0.3) is 0 Å². The zero-order valence-corrected chi connectivity index (χ0v) is 13.6. The van der Waals surface area contributed by atoms with Crippen LogP contribution in [0.4, 0.5) is 4.79 Å². The van der Waals surface area contributed by atoms with Crippen molar-refractivity contribution in [3.05, 3.63) is 0 Å². The van der Waals surface area contributed by atoms with Crippen molar-refractivity contribution >= 4 is 12.0 Å². The van der Waals surface area contributed by atoms with Gasteiger partial charge in [-0.25, -0.2) is 4.79 Å². The summed E-state index contributed by atoms with van der Waals surface area (Å²) >= 11 is 0. The van der Waals surface area contributed by atoms with E-state index in [1.807, 2.05) is 11.8 Å². The summed E-state index contributed by atoms with van der Waals surface area (Å²) in [4.78, 5) is 24.8. The monoisotopic (exact) mass is 298 g/mol. The molecule has 2 amide bonds. The first-order valence-corrected chi connectivity index (χ1v) is 8.18. The normalized spacial score (nSPS) is 21.0. The summed E-state index contributed by atoms with van der Waals surface area (Å²) in [6.45, 7) is 8.52. The van der Waals surface area contributed by atoms with E-state index in [0.717, 1.165) is 32.4 Å². The van der Waals surface area contributed by atoms with Crippen LogP contribution in [0.5, 0.6) is 0 Å². The minimum absolute atomic E-state index is 0.0156. The standard InChI is InChI=1S/C16H30N2O3/c1-4-13(10-15(19)20)11-17-16(21)18-8-5-6-14(7-9-18)12(2)3/h12-14H,4-11H2,1-3H3,(H,17,21)(H,19,20). The number of amides is 2. The van der Waals surface area contributed by atoms with Crippen LogP contribution in [-0.2, 0) is 4.79 Å². The van der Waals surface area contributed by atoms with Gasteiger partial charge in [0.05, 0.1) is 0 Å². The Bertz CT molecular complexity index is 344. The number of aliphatic carboxylic acids is 1. The van der Waals surface area contributed by atoms with Gasteiger partial charge in [0.2, 0.25) is 0 Å². The van der Waals surface area contributed by atoms with Gasteiger partial charge in [0.1, 0.15) is 0 Å². The lowest BCUT2D eigenvalue weighted by atomic mass is 9.89. The van der Waals surface area contributed by atoms with E-state index in [1.165, 1.54) is 6.42 Å². The maximum absolute atomic E-state index is 12.2. The second-order valence-corrected chi connectivity index (χ2v) is 6.48. The van der Waals surface area contributed by atoms with Gasteiger partial charge in [0, 0.05) is 26.1 Å². The number of hydrogen-bond acceptors (Lipinski definition) is 2. The van der Waals surface area contributed by atoms with Gasteiger partial charge >= 0.3 is 12.0 Å². The molecule has 1 aliphatic rings. The summed E-state index contributed by atoms with van der Waals surface area (Å²) in [7, 11) is 0. The summed E-state index contributed by atoms with van der Waals surface area (Å²) in [6, 6.07) is -0.0387. The van der Waals surface area contributed by atoms with Crippen LogP contribution >= 0.6 is 0 Å². The molecule has 1 saturated heterocycles. The third-order valence-electron chi connectivity index (χ3n) is 4.59. The smallest absolute Gasteiger partial charge is 0.317 e. The maximum atomic E-state index is 12.2. The van der Waals surface area contributed by atoms with E-state index in [-0.39, 0.29) is 18.4 Å². The molecule has 0 aromatic carbocycles. The average Bonchev–Trinajstić information content (AvgIpc) is 2.68. The van der Waals surface area contributed by atoms with Crippen LogP contribution in [0.2, 0.25) is 0 Å². The Kier molecular flexibility index (Phi) is 7.54. The van der Waals surface area contributed by atoms with Gasteiger partial charge in [-0.1, -0.05) is 27.2 Å². The predicted octanol–water partition coefficient (Wildman–Crippen LogP) is 2.96. The largest absolute Gasteiger partial charge is 0.481 e. The van der Waals surface area contributed by atoms with E-state index < -0.39 is 5.97 Å². The van der Waals surface area contributed by atoms with Crippen LogP contribution in [0.3, 0.4) is 0 Å². The van der Waals surface area contributed by atoms with Gasteiger partial charge in [-0.15, -0.1) is 0 Å². The highest BCUT2D eigenvalue weighted by molar-refractivity contribution is 5.74. The molecule has 122 valence electrons. The third kappa shape index (κ3) is 6.36. The number of rotatable bonds is 6. The lowest BCUT2D eigenvalue weighted by Gasteiger charge is -2.23. The molecule has 0 aliphatic carbocycles. The van der Waals surface area contributed by atoms with E-state index in [0.29, 0.717) is 18.4 Å². The zero-order valence-electron chi connectivity index (χ0n) is 13.6. The van der Waals surface area contributed by atoms with E-state index >= 15 is 0 Å². The lowest BCUT2D eigenvalue weighted by Crippen LogP contribution is -2.42. The van der Waals surface area contributed by atoms with Crippen molar-refractivity contribution in [2.45, 2.75) is 52.9 Å². The fourth-order valence-electron chi connectivity index (χ4n) is 2.94. The van der Waals surface area contributed by atoms with Gasteiger partial charge in [-0.05, 0) is 37.0 Å². The molecule has 2 atom stereocenters. The zero-order chi connectivity index (χ0) is 15.8. The molecule has 0 spiro atoms. The molecule has 0 saturated carbocycles. The summed E-state index contributed by atoms with van der Waals surface area (Å²) in [5.74, 6) is 0.596. The van der Waals surface area contributed by atoms with Crippen molar-refractivity contribution in [1.82, 2.24) is 10.2 Å². The quantitative estimate of drug-likeness (QED) is 0.792. The number of likely N-dealkylation sites (tertiary alicyclic amines) is 1. The third-order valence-corrected chi connectivity index (χ3v) is 4.59. The highest BCUT2D eigenvalue weighted by Gasteiger charge is 2.22. The minimum atomic E-state index is -0.800. The van der Waals surface area contributed by atoms with Crippen molar-refractivity contribution in [2.75, 3.05) is 19.6 Å². The Hall–Kier alpha value is -1.26. The minimum Gasteiger partial charge on any atom is -0.481 e. The van der Waals surface area contributed by atoms with E-state index in [2.05, 4.69) is 19.2 Å². The highest BCUT2D eigenvalue weighted by Crippen LogP contribution is 2.24. The average molecular weight is 298 g/mol. The first kappa shape index (κ1) is 17.8. The molecule has 21 heavy (non-hydrogen) atoms. The predicted molar refractivity (Wildman–Crippen MR) is 83.2 cm³/mol. The number of carbonyl (C=O) groups excluding carboxylic acids is 1. The molecular formula is C16H30N2O3. The van der Waals surface area contributed by atoms with E-state index in [9.17, 15) is 9.59 Å². The Morgan fingerprint density at radius 2 is 2.00 bits per heavy atom. The van der Waals surface area contributed by atoms with Crippen LogP contribution < -0.4 is 5.32 Å². The number of carboxylic acids is 1. The maximum Gasteiger partial charge on any atom is 0.317 e.